The third-order valence-corrected chi connectivity index (χ3v) is 2.12. The van der Waals surface area contributed by atoms with Gasteiger partial charge >= 0.3 is 41.5 Å². The molecule has 0 aromatic carbocycles. The van der Waals surface area contributed by atoms with Crippen molar-refractivity contribution < 1.29 is 50.8 Å². The van der Waals surface area contributed by atoms with Gasteiger partial charge in [-0.05, 0) is 13.0 Å². The van der Waals surface area contributed by atoms with Gasteiger partial charge in [-0.15, -0.1) is 0 Å². The van der Waals surface area contributed by atoms with Crippen LogP contribution in [0.2, 0.25) is 0 Å². The van der Waals surface area contributed by atoms with Gasteiger partial charge in [0.05, 0.1) is 11.8 Å². The van der Waals surface area contributed by atoms with Crippen LogP contribution in [0, 0.1) is 11.8 Å². The van der Waals surface area contributed by atoms with E-state index in [-0.39, 0.29) is 37.5 Å². The summed E-state index contributed by atoms with van der Waals surface area (Å²) in [5.41, 5.74) is 0. The molecule has 1 heterocycles. The maximum absolute atomic E-state index is 10.6. The fourth-order valence-electron chi connectivity index (χ4n) is 1.41. The first kappa shape index (κ1) is 12.9. The molecule has 0 aliphatic carbocycles. The van der Waals surface area contributed by atoms with E-state index < -0.39 is 23.8 Å². The third kappa shape index (κ3) is 3.27. The largest absolute Gasteiger partial charge is 1.00 e. The minimum absolute atomic E-state index is 0. The molecule has 3 N–H and O–H groups in total. The van der Waals surface area contributed by atoms with Crippen molar-refractivity contribution in [1.29, 1.82) is 0 Å². The Morgan fingerprint density at radius 1 is 1.23 bits per heavy atom. The monoisotopic (exact) mass is 197 g/mol. The first-order valence-electron chi connectivity index (χ1n) is 3.79. The molecule has 2 atom stereocenters. The van der Waals surface area contributed by atoms with Gasteiger partial charge in [-0.2, -0.15) is 0 Å². The van der Waals surface area contributed by atoms with Gasteiger partial charge in [-0.1, -0.05) is 0 Å². The Morgan fingerprint density at radius 3 is 2.15 bits per heavy atom. The minimum atomic E-state index is -1.03. The van der Waals surface area contributed by atoms with E-state index in [0.717, 1.165) is 0 Å². The van der Waals surface area contributed by atoms with Crippen LogP contribution < -0.4 is 34.9 Å². The van der Waals surface area contributed by atoms with Crippen LogP contribution in [0.15, 0.2) is 0 Å². The van der Waals surface area contributed by atoms with E-state index in [1.807, 2.05) is 0 Å². The van der Waals surface area contributed by atoms with Crippen LogP contribution in [0.3, 0.4) is 0 Å². The van der Waals surface area contributed by atoms with Crippen molar-refractivity contribution in [1.82, 2.24) is 5.32 Å². The molecule has 5 nitrogen and oxygen atoms in total. The number of carbonyl (C=O) groups is 2. The van der Waals surface area contributed by atoms with E-state index in [4.69, 9.17) is 10.2 Å². The molecular formula is C7H12NNaO4. The van der Waals surface area contributed by atoms with Crippen LogP contribution >= 0.6 is 0 Å². The van der Waals surface area contributed by atoms with Gasteiger partial charge < -0.3 is 17.0 Å². The molecule has 1 saturated heterocycles. The van der Waals surface area contributed by atoms with E-state index in [1.165, 1.54) is 0 Å². The molecule has 1 aliphatic rings. The molecule has 0 radical (unpaired) electrons. The zero-order valence-electron chi connectivity index (χ0n) is 8.49. The van der Waals surface area contributed by atoms with Crippen LogP contribution in [0.5, 0.6) is 0 Å². The van der Waals surface area contributed by atoms with E-state index in [1.54, 1.807) is 0 Å². The number of piperidine rings is 1. The van der Waals surface area contributed by atoms with E-state index in [0.29, 0.717) is 13.0 Å². The zero-order valence-corrected chi connectivity index (χ0v) is 9.49. The Morgan fingerprint density at radius 2 is 1.77 bits per heavy atom. The molecule has 0 aromatic rings. The fourth-order valence-corrected chi connectivity index (χ4v) is 1.41. The maximum atomic E-state index is 10.6. The number of hydrogen-bond acceptors (Lipinski definition) is 3. The summed E-state index contributed by atoms with van der Waals surface area (Å²) in [6.45, 7) is 0.840. The molecule has 0 aromatic heterocycles. The van der Waals surface area contributed by atoms with Crippen LogP contribution in [0.4, 0.5) is 0 Å². The number of aliphatic carboxylic acids is 2. The molecule has 0 bridgehead atoms. The summed E-state index contributed by atoms with van der Waals surface area (Å²) in [5, 5.41) is 20.2. The van der Waals surface area contributed by atoms with Gasteiger partial charge in [0.15, 0.2) is 0 Å². The van der Waals surface area contributed by atoms with Gasteiger partial charge in [-0.25, -0.2) is 0 Å². The molecule has 1 fully saturated rings. The molecule has 70 valence electrons. The summed E-state index contributed by atoms with van der Waals surface area (Å²) >= 11 is 0. The Bertz CT molecular complexity index is 192. The molecule has 6 heteroatoms. The molecule has 1 aliphatic heterocycles. The van der Waals surface area contributed by atoms with Crippen LogP contribution in [-0.4, -0.2) is 35.2 Å². The number of nitrogens with one attached hydrogen (secondary N) is 1. The van der Waals surface area contributed by atoms with Crippen LogP contribution in [0.25, 0.3) is 0 Å². The number of carboxylic acids is 2. The van der Waals surface area contributed by atoms with Gasteiger partial charge in [0, 0.05) is 6.54 Å². The Labute approximate surface area is 99.3 Å². The molecule has 0 saturated carbocycles. The second-order valence-corrected chi connectivity index (χ2v) is 2.88. The normalized spacial score (nSPS) is 27.4. The van der Waals surface area contributed by atoms with Crippen LogP contribution in [0.1, 0.15) is 7.85 Å². The van der Waals surface area contributed by atoms with Crippen molar-refractivity contribution in [3.05, 3.63) is 0 Å². The molecular weight excluding hydrogens is 185 g/mol. The van der Waals surface area contributed by atoms with Crippen molar-refractivity contribution in [3.63, 3.8) is 0 Å². The molecule has 0 spiro atoms. The number of carboxylic acid groups (broad SMARTS) is 2. The van der Waals surface area contributed by atoms with Crippen molar-refractivity contribution in [2.45, 2.75) is 6.42 Å². The summed E-state index contributed by atoms with van der Waals surface area (Å²) in [5.74, 6) is -3.56. The number of hydrogen-bond donors (Lipinski definition) is 3. The fraction of sp³-hybridized carbons (Fsp3) is 0.714. The molecule has 1 rings (SSSR count). The molecule has 13 heavy (non-hydrogen) atoms. The summed E-state index contributed by atoms with van der Waals surface area (Å²) in [4.78, 5) is 21.1. The van der Waals surface area contributed by atoms with Crippen molar-refractivity contribution >= 4 is 11.9 Å². The van der Waals surface area contributed by atoms with E-state index in [9.17, 15) is 9.59 Å². The third-order valence-electron chi connectivity index (χ3n) is 2.12. The molecule has 2 unspecified atom stereocenters. The summed E-state index contributed by atoms with van der Waals surface area (Å²) in [6, 6.07) is 0. The first-order chi connectivity index (χ1) is 5.63. The van der Waals surface area contributed by atoms with Crippen molar-refractivity contribution in [2.24, 2.45) is 11.8 Å². The quantitative estimate of drug-likeness (QED) is 0.400. The Balaban J connectivity index is 0. The van der Waals surface area contributed by atoms with E-state index >= 15 is 0 Å². The summed E-state index contributed by atoms with van der Waals surface area (Å²) in [7, 11) is 0. The SMILES string of the molecule is O=C(O)C1CCNCC1C(=O)O.[H-].[Na+]. The van der Waals surface area contributed by atoms with Gasteiger partial charge in [0.1, 0.15) is 0 Å². The predicted octanol–water partition coefficient (Wildman–Crippen LogP) is -3.50. The number of rotatable bonds is 2. The van der Waals surface area contributed by atoms with Gasteiger partial charge in [0.25, 0.3) is 0 Å². The Kier molecular flexibility index (Phi) is 5.55. The average Bonchev–Trinajstić information content (AvgIpc) is 2.04. The van der Waals surface area contributed by atoms with Gasteiger partial charge in [0.2, 0.25) is 0 Å². The zero-order chi connectivity index (χ0) is 9.14. The van der Waals surface area contributed by atoms with E-state index in [2.05, 4.69) is 5.32 Å². The minimum Gasteiger partial charge on any atom is -1.00 e. The van der Waals surface area contributed by atoms with Gasteiger partial charge in [-0.3, -0.25) is 9.59 Å². The smallest absolute Gasteiger partial charge is 1.00 e. The topological polar surface area (TPSA) is 86.6 Å². The molecule has 0 amide bonds. The predicted molar refractivity (Wildman–Crippen MR) is 40.9 cm³/mol. The van der Waals surface area contributed by atoms with Crippen LogP contribution in [-0.2, 0) is 9.59 Å². The maximum Gasteiger partial charge on any atom is 1.00 e. The summed E-state index contributed by atoms with van der Waals surface area (Å²) in [6.07, 6.45) is 0.395. The second kappa shape index (κ2) is 5.59. The van der Waals surface area contributed by atoms with Crippen molar-refractivity contribution in [2.75, 3.05) is 13.1 Å². The van der Waals surface area contributed by atoms with Crippen molar-refractivity contribution in [3.8, 4) is 0 Å². The second-order valence-electron chi connectivity index (χ2n) is 2.88. The first-order valence-corrected chi connectivity index (χ1v) is 3.79. The standard InChI is InChI=1S/C7H11NO4.Na.H/c9-6(10)4-1-2-8-3-5(4)7(11)12;;/h4-5,8H,1-3H2,(H,9,10)(H,11,12);;/q;+1;-1. The summed E-state index contributed by atoms with van der Waals surface area (Å²) < 4.78 is 0. The average molecular weight is 197 g/mol. The Hall–Kier alpha value is -0.100.